The summed E-state index contributed by atoms with van der Waals surface area (Å²) in [5, 5.41) is 12.3. The molecule has 0 amide bonds. The third-order valence-electron chi connectivity index (χ3n) is 3.21. The van der Waals surface area contributed by atoms with E-state index in [0.29, 0.717) is 5.56 Å². The maximum absolute atomic E-state index is 12.4. The maximum atomic E-state index is 12.4. The number of rotatable bonds is 4. The summed E-state index contributed by atoms with van der Waals surface area (Å²) in [6.45, 7) is 3.27. The van der Waals surface area contributed by atoms with Gasteiger partial charge >= 0.3 is 0 Å². The zero-order valence-electron chi connectivity index (χ0n) is 11.6. The lowest BCUT2D eigenvalue weighted by molar-refractivity contribution is -0.515. The molecule has 0 aliphatic heterocycles. The molecule has 3 heteroatoms. The molecule has 0 N–H and O–H groups in total. The molecule has 0 aromatic heterocycles. The molecular weight excluding hydrogens is 250 g/mol. The average Bonchev–Trinajstić information content (AvgIpc) is 2.48. The molecule has 0 heterocycles. The Hall–Kier alpha value is -2.42. The van der Waals surface area contributed by atoms with Gasteiger partial charge in [0, 0.05) is 25.0 Å². The minimum absolute atomic E-state index is 0.194. The van der Waals surface area contributed by atoms with Gasteiger partial charge in [-0.25, -0.2) is 0 Å². The molecule has 0 fully saturated rings. The highest BCUT2D eigenvalue weighted by Gasteiger charge is 2.36. The Morgan fingerprint density at radius 1 is 1.00 bits per heavy atom. The smallest absolute Gasteiger partial charge is 0.233 e. The Morgan fingerprint density at radius 2 is 1.50 bits per heavy atom. The molecule has 0 saturated carbocycles. The molecule has 0 bridgehead atoms. The summed E-state index contributed by atoms with van der Waals surface area (Å²) < 4.78 is 0.720. The van der Waals surface area contributed by atoms with E-state index in [4.69, 9.17) is 0 Å². The number of ketones is 1. The van der Waals surface area contributed by atoms with E-state index < -0.39 is 5.54 Å². The van der Waals surface area contributed by atoms with Crippen LogP contribution in [0.4, 0.5) is 0 Å². The Kier molecular flexibility index (Phi) is 3.99. The van der Waals surface area contributed by atoms with E-state index in [2.05, 4.69) is 0 Å². The van der Waals surface area contributed by atoms with Crippen LogP contribution in [0.5, 0.6) is 0 Å². The average molecular weight is 267 g/mol. The molecular formula is C17H17NO2. The highest BCUT2D eigenvalue weighted by atomic mass is 16.5. The topological polar surface area (TPSA) is 43.1 Å². The maximum Gasteiger partial charge on any atom is 0.233 e. The van der Waals surface area contributed by atoms with Crippen LogP contribution in [-0.4, -0.2) is 22.3 Å². The van der Waals surface area contributed by atoms with Crippen LogP contribution in [0.25, 0.3) is 0 Å². The lowest BCUT2D eigenvalue weighted by atomic mass is 9.93. The van der Waals surface area contributed by atoms with Crippen molar-refractivity contribution in [3.05, 3.63) is 77.0 Å². The van der Waals surface area contributed by atoms with Gasteiger partial charge in [-0.15, -0.1) is 0 Å². The third-order valence-corrected chi connectivity index (χ3v) is 3.21. The fourth-order valence-corrected chi connectivity index (χ4v) is 1.88. The third kappa shape index (κ3) is 2.94. The van der Waals surface area contributed by atoms with Gasteiger partial charge in [-0.1, -0.05) is 48.5 Å². The monoisotopic (exact) mass is 267 g/mol. The largest absolute Gasteiger partial charge is 0.623 e. The SMILES string of the molecule is CC(C)(C(=O)c1ccccc1)/[N+]([O-])=C/c1ccccc1. The fourth-order valence-electron chi connectivity index (χ4n) is 1.88. The summed E-state index contributed by atoms with van der Waals surface area (Å²) in [7, 11) is 0. The van der Waals surface area contributed by atoms with E-state index in [9.17, 15) is 10.0 Å². The molecule has 3 nitrogen and oxygen atoms in total. The molecule has 0 spiro atoms. The molecule has 0 atom stereocenters. The van der Waals surface area contributed by atoms with E-state index >= 15 is 0 Å². The van der Waals surface area contributed by atoms with Gasteiger partial charge in [-0.05, 0) is 12.1 Å². The molecule has 2 rings (SSSR count). The second-order valence-corrected chi connectivity index (χ2v) is 5.12. The first-order valence-corrected chi connectivity index (χ1v) is 6.48. The van der Waals surface area contributed by atoms with Crippen LogP contribution in [0.2, 0.25) is 0 Å². The summed E-state index contributed by atoms with van der Waals surface area (Å²) >= 11 is 0. The molecule has 0 saturated heterocycles. The van der Waals surface area contributed by atoms with Crippen LogP contribution < -0.4 is 0 Å². The van der Waals surface area contributed by atoms with E-state index in [1.54, 1.807) is 38.1 Å². The van der Waals surface area contributed by atoms with Gasteiger partial charge in [0.25, 0.3) is 0 Å². The van der Waals surface area contributed by atoms with E-state index in [0.717, 1.165) is 10.3 Å². The number of benzene rings is 2. The minimum Gasteiger partial charge on any atom is -0.623 e. The highest BCUT2D eigenvalue weighted by molar-refractivity contribution is 6.02. The van der Waals surface area contributed by atoms with Crippen molar-refractivity contribution in [3.8, 4) is 0 Å². The van der Waals surface area contributed by atoms with Crippen molar-refractivity contribution < 1.29 is 9.53 Å². The molecule has 0 aliphatic rings. The molecule has 102 valence electrons. The quantitative estimate of drug-likeness (QED) is 0.280. The number of hydroxylamine groups is 1. The first kappa shape index (κ1) is 14.0. The lowest BCUT2D eigenvalue weighted by Crippen LogP contribution is -2.42. The predicted octanol–water partition coefficient (Wildman–Crippen LogP) is 3.28. The Morgan fingerprint density at radius 3 is 2.05 bits per heavy atom. The van der Waals surface area contributed by atoms with E-state index in [1.165, 1.54) is 6.21 Å². The van der Waals surface area contributed by atoms with Gasteiger partial charge in [0.15, 0.2) is 6.21 Å². The molecule has 20 heavy (non-hydrogen) atoms. The summed E-state index contributed by atoms with van der Waals surface area (Å²) in [4.78, 5) is 12.4. The summed E-state index contributed by atoms with van der Waals surface area (Å²) in [6.07, 6.45) is 1.45. The van der Waals surface area contributed by atoms with Gasteiger partial charge in [0.05, 0.1) is 0 Å². The van der Waals surface area contributed by atoms with Crippen LogP contribution in [0.3, 0.4) is 0 Å². The normalized spacial score (nSPS) is 12.2. The van der Waals surface area contributed by atoms with Crippen molar-refractivity contribution in [2.45, 2.75) is 19.4 Å². The van der Waals surface area contributed by atoms with Crippen LogP contribution in [0.15, 0.2) is 60.7 Å². The number of hydrogen-bond acceptors (Lipinski definition) is 2. The predicted molar refractivity (Wildman–Crippen MR) is 80.1 cm³/mol. The van der Waals surface area contributed by atoms with Gasteiger partial charge in [0.2, 0.25) is 11.3 Å². The van der Waals surface area contributed by atoms with E-state index in [1.807, 2.05) is 36.4 Å². The molecule has 2 aromatic carbocycles. The fraction of sp³-hybridized carbons (Fsp3) is 0.176. The van der Waals surface area contributed by atoms with Crippen molar-refractivity contribution >= 4 is 12.0 Å². The van der Waals surface area contributed by atoms with Crippen LogP contribution in [-0.2, 0) is 0 Å². The van der Waals surface area contributed by atoms with Crippen LogP contribution >= 0.6 is 0 Å². The Balaban J connectivity index is 2.30. The van der Waals surface area contributed by atoms with E-state index in [-0.39, 0.29) is 5.78 Å². The van der Waals surface area contributed by atoms with Gasteiger partial charge in [0.1, 0.15) is 0 Å². The molecule has 0 radical (unpaired) electrons. The second-order valence-electron chi connectivity index (χ2n) is 5.12. The van der Waals surface area contributed by atoms with Crippen LogP contribution in [0.1, 0.15) is 29.8 Å². The zero-order chi connectivity index (χ0) is 14.6. The van der Waals surface area contributed by atoms with Gasteiger partial charge in [-0.2, -0.15) is 4.74 Å². The number of carbonyl (C=O) groups excluding carboxylic acids is 1. The summed E-state index contributed by atoms with van der Waals surface area (Å²) in [5.74, 6) is -0.194. The molecule has 0 unspecified atom stereocenters. The molecule has 2 aromatic rings. The van der Waals surface area contributed by atoms with Crippen molar-refractivity contribution in [2.75, 3.05) is 0 Å². The Labute approximate surface area is 118 Å². The molecule has 0 aliphatic carbocycles. The first-order chi connectivity index (χ1) is 9.51. The number of carbonyl (C=O) groups is 1. The number of nitrogens with zero attached hydrogens (tertiary/aromatic N) is 1. The van der Waals surface area contributed by atoms with Gasteiger partial charge < -0.3 is 5.21 Å². The zero-order valence-corrected chi connectivity index (χ0v) is 11.6. The minimum atomic E-state index is -1.14. The van der Waals surface area contributed by atoms with Crippen LogP contribution in [0, 0.1) is 5.21 Å². The lowest BCUT2D eigenvalue weighted by Gasteiger charge is -2.22. The standard InChI is InChI=1S/C17H17NO2/c1-17(2,16(19)15-11-7-4-8-12-15)18(20)13-14-9-5-3-6-10-14/h3-13H,1-2H3/b18-13-. The summed E-state index contributed by atoms with van der Waals surface area (Å²) in [6, 6.07) is 18.1. The van der Waals surface area contributed by atoms with Crippen molar-refractivity contribution in [2.24, 2.45) is 0 Å². The number of hydrogen-bond donors (Lipinski definition) is 0. The number of Topliss-reactive ketones (excluding diaryl/α,β-unsaturated/α-hetero) is 1. The second kappa shape index (κ2) is 5.70. The first-order valence-electron chi connectivity index (χ1n) is 6.48. The van der Waals surface area contributed by atoms with Crippen molar-refractivity contribution in [3.63, 3.8) is 0 Å². The highest BCUT2D eigenvalue weighted by Crippen LogP contribution is 2.16. The Bertz CT molecular complexity index is 616. The van der Waals surface area contributed by atoms with Crippen molar-refractivity contribution in [1.29, 1.82) is 0 Å². The summed E-state index contributed by atoms with van der Waals surface area (Å²) in [5.41, 5.74) is 0.174. The van der Waals surface area contributed by atoms with Gasteiger partial charge in [-0.3, -0.25) is 4.79 Å². The van der Waals surface area contributed by atoms with Crippen molar-refractivity contribution in [1.82, 2.24) is 0 Å².